The molecule has 9 nitrogen and oxygen atoms in total. The van der Waals surface area contributed by atoms with Gasteiger partial charge in [0.05, 0.1) is 42.4 Å². The van der Waals surface area contributed by atoms with Gasteiger partial charge in [0.15, 0.2) is 5.65 Å². The number of benzene rings is 1. The van der Waals surface area contributed by atoms with Crippen molar-refractivity contribution in [1.29, 1.82) is 0 Å². The number of halogens is 3. The Kier molecular flexibility index (Phi) is 5.89. The van der Waals surface area contributed by atoms with Crippen molar-refractivity contribution < 1.29 is 27.4 Å². The van der Waals surface area contributed by atoms with Crippen LogP contribution in [-0.2, 0) is 11.8 Å². The zero-order valence-corrected chi connectivity index (χ0v) is 18.8. The standard InChI is InChI=1S/C23H21F3N6O3/c1-27-22(33)12-5-16(20(24)17(6-12)21(25)26)18-9-28-19-7-15(13-8-29-31(2)10-13)23(30-32(18)19)35-14-3-4-34-11-14/h5-10,14,21H,3-4,11H2,1-2H3,(H,27,33)/t14-/m0/s1. The van der Waals surface area contributed by atoms with Crippen molar-refractivity contribution in [2.24, 2.45) is 7.05 Å². The highest BCUT2D eigenvalue weighted by Gasteiger charge is 2.25. The summed E-state index contributed by atoms with van der Waals surface area (Å²) in [7, 11) is 3.14. The lowest BCUT2D eigenvalue weighted by atomic mass is 10.0. The second kappa shape index (κ2) is 9.02. The summed E-state index contributed by atoms with van der Waals surface area (Å²) >= 11 is 0. The van der Waals surface area contributed by atoms with Gasteiger partial charge in [0.25, 0.3) is 12.3 Å². The molecule has 0 bridgehead atoms. The van der Waals surface area contributed by atoms with Gasteiger partial charge in [0.2, 0.25) is 5.88 Å². The quantitative estimate of drug-likeness (QED) is 0.449. The van der Waals surface area contributed by atoms with Crippen LogP contribution in [0.3, 0.4) is 0 Å². The molecule has 12 heteroatoms. The summed E-state index contributed by atoms with van der Waals surface area (Å²) in [6.07, 6.45) is 2.07. The number of ether oxygens (including phenoxy) is 2. The summed E-state index contributed by atoms with van der Waals surface area (Å²) in [5.41, 5.74) is 0.540. The minimum atomic E-state index is -3.12. The Morgan fingerprint density at radius 1 is 1.26 bits per heavy atom. The Morgan fingerprint density at radius 3 is 2.74 bits per heavy atom. The Hall–Kier alpha value is -3.93. The molecule has 0 unspecified atom stereocenters. The summed E-state index contributed by atoms with van der Waals surface area (Å²) in [6.45, 7) is 0.947. The van der Waals surface area contributed by atoms with Crippen molar-refractivity contribution in [3.05, 3.63) is 53.7 Å². The van der Waals surface area contributed by atoms with E-state index in [0.29, 0.717) is 30.8 Å². The van der Waals surface area contributed by atoms with E-state index >= 15 is 4.39 Å². The number of rotatable bonds is 6. The van der Waals surface area contributed by atoms with E-state index in [-0.39, 0.29) is 28.8 Å². The first-order valence-corrected chi connectivity index (χ1v) is 10.8. The maximum atomic E-state index is 15.2. The molecule has 35 heavy (non-hydrogen) atoms. The normalized spacial score (nSPS) is 15.8. The van der Waals surface area contributed by atoms with E-state index in [1.807, 2.05) is 0 Å². The third kappa shape index (κ3) is 4.20. The second-order valence-electron chi connectivity index (χ2n) is 8.09. The summed E-state index contributed by atoms with van der Waals surface area (Å²) in [5, 5.41) is 11.1. The molecule has 5 rings (SSSR count). The number of aromatic nitrogens is 5. The first-order chi connectivity index (χ1) is 16.9. The lowest BCUT2D eigenvalue weighted by molar-refractivity contribution is 0.0962. The third-order valence-corrected chi connectivity index (χ3v) is 5.74. The van der Waals surface area contributed by atoms with Gasteiger partial charge in [-0.15, -0.1) is 5.10 Å². The van der Waals surface area contributed by atoms with E-state index in [1.165, 1.54) is 23.8 Å². The number of nitrogens with one attached hydrogen (secondary N) is 1. The van der Waals surface area contributed by atoms with E-state index in [4.69, 9.17) is 9.47 Å². The van der Waals surface area contributed by atoms with Crippen LogP contribution < -0.4 is 10.1 Å². The number of amides is 1. The molecule has 1 amide bonds. The van der Waals surface area contributed by atoms with Gasteiger partial charge in [-0.05, 0) is 18.2 Å². The first-order valence-electron chi connectivity index (χ1n) is 10.8. The van der Waals surface area contributed by atoms with Gasteiger partial charge in [-0.1, -0.05) is 0 Å². The predicted octanol–water partition coefficient (Wildman–Crippen LogP) is 3.40. The summed E-state index contributed by atoms with van der Waals surface area (Å²) in [6, 6.07) is 3.74. The van der Waals surface area contributed by atoms with Crippen LogP contribution in [0.1, 0.15) is 28.8 Å². The van der Waals surface area contributed by atoms with Crippen molar-refractivity contribution in [3.63, 3.8) is 0 Å². The maximum Gasteiger partial charge on any atom is 0.266 e. The van der Waals surface area contributed by atoms with Gasteiger partial charge in [-0.3, -0.25) is 9.48 Å². The Balaban J connectivity index is 1.70. The fraction of sp³-hybridized carbons (Fsp3) is 0.304. The average Bonchev–Trinajstić information content (AvgIpc) is 3.59. The number of carbonyl (C=O) groups excluding carboxylic acids is 1. The molecule has 4 aromatic rings. The first kappa shape index (κ1) is 22.8. The SMILES string of the molecule is CNC(=O)c1cc(-c2cnc3cc(-c4cnn(C)c4)c(O[C@H]4CCOC4)nn23)c(F)c(C(F)F)c1. The van der Waals surface area contributed by atoms with Gasteiger partial charge in [0.1, 0.15) is 11.9 Å². The predicted molar refractivity (Wildman–Crippen MR) is 119 cm³/mol. The molecule has 182 valence electrons. The zero-order chi connectivity index (χ0) is 24.7. The van der Waals surface area contributed by atoms with E-state index < -0.39 is 23.7 Å². The van der Waals surface area contributed by atoms with Crippen molar-refractivity contribution in [3.8, 4) is 28.3 Å². The van der Waals surface area contributed by atoms with Crippen LogP contribution in [-0.4, -0.2) is 56.7 Å². The van der Waals surface area contributed by atoms with Crippen LogP contribution in [0.4, 0.5) is 13.2 Å². The van der Waals surface area contributed by atoms with Gasteiger partial charge < -0.3 is 14.8 Å². The molecule has 0 radical (unpaired) electrons. The molecular weight excluding hydrogens is 465 g/mol. The molecule has 0 spiro atoms. The Labute approximate surface area is 197 Å². The van der Waals surface area contributed by atoms with Gasteiger partial charge >= 0.3 is 0 Å². The minimum absolute atomic E-state index is 0.0930. The number of fused-ring (bicyclic) bond motifs is 1. The van der Waals surface area contributed by atoms with Crippen LogP contribution >= 0.6 is 0 Å². The van der Waals surface area contributed by atoms with E-state index in [2.05, 4.69) is 20.5 Å². The van der Waals surface area contributed by atoms with Crippen LogP contribution in [0.25, 0.3) is 28.0 Å². The highest BCUT2D eigenvalue weighted by Crippen LogP contribution is 2.35. The molecule has 1 atom stereocenters. The molecule has 1 fully saturated rings. The molecule has 3 aromatic heterocycles. The highest BCUT2D eigenvalue weighted by molar-refractivity contribution is 5.95. The smallest absolute Gasteiger partial charge is 0.266 e. The number of imidazole rings is 1. The van der Waals surface area contributed by atoms with E-state index in [9.17, 15) is 13.6 Å². The van der Waals surface area contributed by atoms with Crippen molar-refractivity contribution in [2.75, 3.05) is 20.3 Å². The Morgan fingerprint density at radius 2 is 2.09 bits per heavy atom. The molecule has 0 aliphatic carbocycles. The summed E-state index contributed by atoms with van der Waals surface area (Å²) < 4.78 is 56.8. The largest absolute Gasteiger partial charge is 0.470 e. The van der Waals surface area contributed by atoms with Crippen LogP contribution in [0, 0.1) is 5.82 Å². The number of nitrogens with zero attached hydrogens (tertiary/aromatic N) is 5. The van der Waals surface area contributed by atoms with Crippen molar-refractivity contribution in [1.82, 2.24) is 29.7 Å². The number of alkyl halides is 2. The van der Waals surface area contributed by atoms with Crippen LogP contribution in [0.2, 0.25) is 0 Å². The number of carbonyl (C=O) groups is 1. The Bertz CT molecular complexity index is 1410. The molecule has 1 saturated heterocycles. The monoisotopic (exact) mass is 486 g/mol. The van der Waals surface area contributed by atoms with Gasteiger partial charge in [0, 0.05) is 43.4 Å². The molecule has 0 saturated carbocycles. The van der Waals surface area contributed by atoms with Crippen molar-refractivity contribution >= 4 is 11.6 Å². The van der Waals surface area contributed by atoms with Gasteiger partial charge in [-0.2, -0.15) is 5.10 Å². The third-order valence-electron chi connectivity index (χ3n) is 5.74. The molecule has 1 N–H and O–H groups in total. The highest BCUT2D eigenvalue weighted by atomic mass is 19.3. The molecule has 1 aliphatic heterocycles. The van der Waals surface area contributed by atoms with Crippen molar-refractivity contribution in [2.45, 2.75) is 19.0 Å². The molecule has 1 aromatic carbocycles. The average molecular weight is 486 g/mol. The summed E-state index contributed by atoms with van der Waals surface area (Å²) in [5.74, 6) is -1.55. The molecular formula is C23H21F3N6O3. The minimum Gasteiger partial charge on any atom is -0.470 e. The van der Waals surface area contributed by atoms with E-state index in [0.717, 1.165) is 11.6 Å². The van der Waals surface area contributed by atoms with Crippen LogP contribution in [0.15, 0.2) is 36.8 Å². The number of hydrogen-bond donors (Lipinski definition) is 1. The molecule has 1 aliphatic rings. The zero-order valence-electron chi connectivity index (χ0n) is 18.8. The number of aryl methyl sites for hydroxylation is 1. The topological polar surface area (TPSA) is 95.6 Å². The van der Waals surface area contributed by atoms with E-state index in [1.54, 1.807) is 30.2 Å². The summed E-state index contributed by atoms with van der Waals surface area (Å²) in [4.78, 5) is 16.5. The molecule has 4 heterocycles. The fourth-order valence-corrected chi connectivity index (χ4v) is 3.97. The fourth-order valence-electron chi connectivity index (χ4n) is 3.97. The lowest BCUT2D eigenvalue weighted by Crippen LogP contribution is -2.19. The van der Waals surface area contributed by atoms with Crippen LogP contribution in [0.5, 0.6) is 5.88 Å². The van der Waals surface area contributed by atoms with Gasteiger partial charge in [-0.25, -0.2) is 22.7 Å². The number of hydrogen-bond acceptors (Lipinski definition) is 6. The lowest BCUT2D eigenvalue weighted by Gasteiger charge is -2.15. The second-order valence-corrected chi connectivity index (χ2v) is 8.09. The maximum absolute atomic E-state index is 15.2.